The van der Waals surface area contributed by atoms with E-state index in [0.29, 0.717) is 18.1 Å². The lowest BCUT2D eigenvalue weighted by molar-refractivity contribution is 0.0506. The van der Waals surface area contributed by atoms with Crippen molar-refractivity contribution in [3.63, 3.8) is 0 Å². The Morgan fingerprint density at radius 3 is 2.42 bits per heavy atom. The van der Waals surface area contributed by atoms with Crippen molar-refractivity contribution in [3.05, 3.63) is 82.9 Å². The van der Waals surface area contributed by atoms with Crippen molar-refractivity contribution in [2.45, 2.75) is 78.4 Å². The molecule has 4 bridgehead atoms. The average molecular weight is 676 g/mol. The van der Waals surface area contributed by atoms with Crippen LogP contribution < -0.4 is 14.4 Å². The van der Waals surface area contributed by atoms with E-state index < -0.39 is 27.8 Å². The molecule has 0 saturated heterocycles. The molecule has 0 unspecified atom stereocenters. The second-order valence-electron chi connectivity index (χ2n) is 13.6. The van der Waals surface area contributed by atoms with Crippen LogP contribution in [0.15, 0.2) is 59.6 Å². The molecule has 254 valence electrons. The fourth-order valence-electron chi connectivity index (χ4n) is 5.61. The highest BCUT2D eigenvalue weighted by molar-refractivity contribution is 7.92. The molecule has 0 aliphatic carbocycles. The Hall–Kier alpha value is -4.65. The van der Waals surface area contributed by atoms with Gasteiger partial charge in [-0.2, -0.15) is 4.98 Å². The predicted octanol–water partition coefficient (Wildman–Crippen LogP) is 6.17. The van der Waals surface area contributed by atoms with E-state index in [4.69, 9.17) is 4.74 Å². The minimum atomic E-state index is -4.24. The van der Waals surface area contributed by atoms with Gasteiger partial charge in [-0.05, 0) is 68.9 Å². The van der Waals surface area contributed by atoms with Gasteiger partial charge in [0.25, 0.3) is 15.9 Å². The number of hydrogen-bond donors (Lipinski definition) is 1. The molecule has 0 spiro atoms. The second-order valence-corrected chi connectivity index (χ2v) is 15.3. The summed E-state index contributed by atoms with van der Waals surface area (Å²) in [4.78, 5) is 35.2. The maximum atomic E-state index is 15.4. The standard InChI is InChI=1S/C35H42FN7O4S/c1-21(2)42(8)34-37-18-27(36)29(39-34)19-43-25(17-35(5,6)7)20-47-30-16-28(31-22(3)11-9-12-23(31)4)38-33(40-30)41-48(45,46)26-14-10-13-24(15-26)32(43)44/h9-16,18,21,25H,17,19-20H2,1-8H3,(H,38,40,41)/t25-/m1/s1. The first kappa shape index (κ1) is 34.7. The van der Waals surface area contributed by atoms with Gasteiger partial charge in [-0.1, -0.05) is 45.0 Å². The van der Waals surface area contributed by atoms with Gasteiger partial charge in [0.2, 0.25) is 17.8 Å². The third-order valence-electron chi connectivity index (χ3n) is 8.24. The van der Waals surface area contributed by atoms with Crippen molar-refractivity contribution >= 4 is 27.8 Å². The zero-order chi connectivity index (χ0) is 35.0. The van der Waals surface area contributed by atoms with Crippen LogP contribution in [0.4, 0.5) is 16.3 Å². The summed E-state index contributed by atoms with van der Waals surface area (Å²) in [6, 6.07) is 12.6. The number of fused-ring (bicyclic) bond motifs is 4. The molecule has 5 rings (SSSR count). The number of carbonyl (C=O) groups excluding carboxylic acids is 1. The van der Waals surface area contributed by atoms with Crippen LogP contribution in [-0.4, -0.2) is 64.9 Å². The van der Waals surface area contributed by atoms with Gasteiger partial charge < -0.3 is 14.5 Å². The first-order valence-electron chi connectivity index (χ1n) is 15.8. The normalized spacial score (nSPS) is 16.3. The largest absolute Gasteiger partial charge is 0.475 e. The first-order valence-corrected chi connectivity index (χ1v) is 17.3. The second kappa shape index (κ2) is 13.5. The van der Waals surface area contributed by atoms with E-state index in [1.807, 2.05) is 78.6 Å². The Morgan fingerprint density at radius 1 is 1.06 bits per heavy atom. The van der Waals surface area contributed by atoms with Gasteiger partial charge in [0.1, 0.15) is 12.3 Å². The molecule has 3 heterocycles. The number of nitrogens with zero attached hydrogens (tertiary/aromatic N) is 6. The smallest absolute Gasteiger partial charge is 0.264 e. The van der Waals surface area contributed by atoms with Crippen molar-refractivity contribution in [1.29, 1.82) is 0 Å². The summed E-state index contributed by atoms with van der Waals surface area (Å²) in [5, 5.41) is 0. The number of rotatable bonds is 6. The number of sulfonamides is 1. The van der Waals surface area contributed by atoms with Gasteiger partial charge in [0, 0.05) is 30.3 Å². The van der Waals surface area contributed by atoms with Crippen LogP contribution in [0.2, 0.25) is 0 Å². The summed E-state index contributed by atoms with van der Waals surface area (Å²) in [7, 11) is -2.43. The number of aromatic nitrogens is 4. The molecule has 4 aromatic rings. The number of benzene rings is 2. The molecular weight excluding hydrogens is 633 g/mol. The molecule has 0 saturated carbocycles. The lowest BCUT2D eigenvalue weighted by Crippen LogP contribution is -2.45. The monoisotopic (exact) mass is 675 g/mol. The van der Waals surface area contributed by atoms with Crippen LogP contribution in [0.1, 0.15) is 68.2 Å². The topological polar surface area (TPSA) is 131 Å². The third-order valence-corrected chi connectivity index (χ3v) is 9.57. The molecular formula is C35H42FN7O4S. The Kier molecular flexibility index (Phi) is 9.72. The lowest BCUT2D eigenvalue weighted by Gasteiger charge is -2.35. The molecule has 13 heteroatoms. The summed E-state index contributed by atoms with van der Waals surface area (Å²) < 4.78 is 51.5. The number of nitrogens with one attached hydrogen (secondary N) is 1. The van der Waals surface area contributed by atoms with Gasteiger partial charge in [0.05, 0.1) is 29.4 Å². The minimum Gasteiger partial charge on any atom is -0.475 e. The minimum absolute atomic E-state index is 0.0242. The van der Waals surface area contributed by atoms with Gasteiger partial charge in [-0.25, -0.2) is 32.5 Å². The Labute approximate surface area is 281 Å². The number of ether oxygens (including phenoxy) is 1. The van der Waals surface area contributed by atoms with Crippen LogP contribution >= 0.6 is 0 Å². The molecule has 1 atom stereocenters. The van der Waals surface area contributed by atoms with Crippen LogP contribution in [0.25, 0.3) is 11.3 Å². The molecule has 0 radical (unpaired) electrons. The van der Waals surface area contributed by atoms with E-state index in [1.165, 1.54) is 29.2 Å². The quantitative estimate of drug-likeness (QED) is 0.255. The van der Waals surface area contributed by atoms with Crippen LogP contribution in [0.5, 0.6) is 5.88 Å². The van der Waals surface area contributed by atoms with Crippen LogP contribution in [0, 0.1) is 25.1 Å². The maximum Gasteiger partial charge on any atom is 0.264 e. The highest BCUT2D eigenvalue weighted by atomic mass is 32.2. The summed E-state index contributed by atoms with van der Waals surface area (Å²) in [5.41, 5.74) is 3.01. The van der Waals surface area contributed by atoms with Crippen LogP contribution in [-0.2, 0) is 16.6 Å². The Balaban J connectivity index is 1.68. The van der Waals surface area contributed by atoms with Crippen molar-refractivity contribution in [1.82, 2.24) is 24.8 Å². The molecule has 2 aromatic heterocycles. The SMILES string of the molecule is Cc1cccc(C)c1-c1cc2nc(n1)NS(=O)(=O)c1cccc(c1)C(=O)N(Cc1nc(N(C)C(C)C)ncc1F)[C@H](CC(C)(C)C)CO2. The molecule has 0 fully saturated rings. The Bertz CT molecular complexity index is 1930. The highest BCUT2D eigenvalue weighted by Gasteiger charge is 2.32. The fourth-order valence-corrected chi connectivity index (χ4v) is 6.60. The number of halogens is 1. The van der Waals surface area contributed by atoms with E-state index in [9.17, 15) is 13.2 Å². The van der Waals surface area contributed by atoms with Crippen molar-refractivity contribution in [2.24, 2.45) is 5.41 Å². The fraction of sp³-hybridized carbons (Fsp3) is 0.400. The summed E-state index contributed by atoms with van der Waals surface area (Å²) in [6.07, 6.45) is 1.56. The van der Waals surface area contributed by atoms with Gasteiger partial charge in [0.15, 0.2) is 5.82 Å². The number of anilines is 2. The van der Waals surface area contributed by atoms with E-state index in [1.54, 1.807) is 6.07 Å². The van der Waals surface area contributed by atoms with Gasteiger partial charge in [-0.15, -0.1) is 0 Å². The zero-order valence-electron chi connectivity index (χ0n) is 28.6. The van der Waals surface area contributed by atoms with E-state index in [-0.39, 0.29) is 52.6 Å². The summed E-state index contributed by atoms with van der Waals surface area (Å²) >= 11 is 0. The molecule has 1 N–H and O–H groups in total. The predicted molar refractivity (Wildman–Crippen MR) is 183 cm³/mol. The number of hydrogen-bond acceptors (Lipinski definition) is 9. The molecule has 1 amide bonds. The molecule has 1 aliphatic heterocycles. The number of amides is 1. The van der Waals surface area contributed by atoms with Gasteiger partial charge in [-0.3, -0.25) is 4.79 Å². The molecule has 48 heavy (non-hydrogen) atoms. The third kappa shape index (κ3) is 7.73. The molecule has 11 nitrogen and oxygen atoms in total. The van der Waals surface area contributed by atoms with E-state index >= 15 is 4.39 Å². The molecule has 1 aliphatic rings. The number of aryl methyl sites for hydroxylation is 2. The molecule has 2 aromatic carbocycles. The maximum absolute atomic E-state index is 15.4. The van der Waals surface area contributed by atoms with Crippen molar-refractivity contribution < 1.29 is 22.3 Å². The van der Waals surface area contributed by atoms with Crippen molar-refractivity contribution in [2.75, 3.05) is 23.3 Å². The van der Waals surface area contributed by atoms with Crippen LogP contribution in [0.3, 0.4) is 0 Å². The number of carbonyl (C=O) groups is 1. The van der Waals surface area contributed by atoms with Crippen molar-refractivity contribution in [3.8, 4) is 17.1 Å². The lowest BCUT2D eigenvalue weighted by atomic mass is 9.87. The summed E-state index contributed by atoms with van der Waals surface area (Å²) in [6.45, 7) is 13.7. The first-order chi connectivity index (χ1) is 22.5. The van der Waals surface area contributed by atoms with E-state index in [2.05, 4.69) is 24.7 Å². The summed E-state index contributed by atoms with van der Waals surface area (Å²) in [5.74, 6) is -0.909. The Morgan fingerprint density at radius 2 is 1.75 bits per heavy atom. The highest BCUT2D eigenvalue weighted by Crippen LogP contribution is 2.32. The van der Waals surface area contributed by atoms with E-state index in [0.717, 1.165) is 22.9 Å². The average Bonchev–Trinajstić information content (AvgIpc) is 3.01. The van der Waals surface area contributed by atoms with Gasteiger partial charge >= 0.3 is 0 Å². The zero-order valence-corrected chi connectivity index (χ0v) is 29.4.